The number of nitro benzene ring substituents is 1. The molecular formula is C10H11BrN2O4. The standard InChI is InChI=1S/C10H11BrN2O4/c1-2-17-9(14)4-6-3-7(11)5-8(10(6)12)13(15)16/h3,5H,2,4,12H2,1H3. The number of nitro groups is 1. The van der Waals surface area contributed by atoms with Crippen LogP contribution in [0, 0.1) is 10.1 Å². The number of carbonyl (C=O) groups excluding carboxylic acids is 1. The van der Waals surface area contributed by atoms with Gasteiger partial charge in [0.1, 0.15) is 5.69 Å². The molecule has 0 heterocycles. The number of halogens is 1. The molecule has 0 aromatic heterocycles. The first kappa shape index (κ1) is 13.4. The maximum Gasteiger partial charge on any atom is 0.310 e. The fourth-order valence-corrected chi connectivity index (χ4v) is 1.82. The van der Waals surface area contributed by atoms with Crippen molar-refractivity contribution in [1.29, 1.82) is 0 Å². The minimum atomic E-state index is -0.589. The summed E-state index contributed by atoms with van der Waals surface area (Å²) in [6, 6.07) is 2.86. The van der Waals surface area contributed by atoms with E-state index in [0.29, 0.717) is 10.0 Å². The predicted molar refractivity (Wildman–Crippen MR) is 65.5 cm³/mol. The van der Waals surface area contributed by atoms with Crippen molar-refractivity contribution < 1.29 is 14.5 Å². The molecule has 7 heteroatoms. The zero-order valence-electron chi connectivity index (χ0n) is 9.10. The van der Waals surface area contributed by atoms with Crippen LogP contribution in [0.2, 0.25) is 0 Å². The lowest BCUT2D eigenvalue weighted by Crippen LogP contribution is -2.10. The molecule has 17 heavy (non-hydrogen) atoms. The van der Waals surface area contributed by atoms with E-state index in [4.69, 9.17) is 10.5 Å². The normalized spacial score (nSPS) is 10.0. The molecule has 0 radical (unpaired) electrons. The topological polar surface area (TPSA) is 95.5 Å². The van der Waals surface area contributed by atoms with Crippen molar-refractivity contribution in [2.45, 2.75) is 13.3 Å². The van der Waals surface area contributed by atoms with Gasteiger partial charge in [-0.15, -0.1) is 0 Å². The first-order valence-electron chi connectivity index (χ1n) is 4.83. The van der Waals surface area contributed by atoms with Gasteiger partial charge in [0.05, 0.1) is 18.0 Å². The third-order valence-electron chi connectivity index (χ3n) is 2.05. The second-order valence-corrected chi connectivity index (χ2v) is 4.15. The Hall–Kier alpha value is -1.63. The second-order valence-electron chi connectivity index (χ2n) is 3.24. The molecule has 0 saturated carbocycles. The van der Waals surface area contributed by atoms with Crippen LogP contribution in [0.5, 0.6) is 0 Å². The summed E-state index contributed by atoms with van der Waals surface area (Å²) >= 11 is 3.13. The van der Waals surface area contributed by atoms with Crippen LogP contribution in [0.25, 0.3) is 0 Å². The highest BCUT2D eigenvalue weighted by Gasteiger charge is 2.18. The molecule has 0 aliphatic carbocycles. The molecule has 0 aliphatic heterocycles. The van der Waals surface area contributed by atoms with Gasteiger partial charge in [0.2, 0.25) is 0 Å². The summed E-state index contributed by atoms with van der Waals surface area (Å²) in [5.74, 6) is -0.466. The molecule has 0 bridgehead atoms. The lowest BCUT2D eigenvalue weighted by molar-refractivity contribution is -0.384. The summed E-state index contributed by atoms with van der Waals surface area (Å²) in [4.78, 5) is 21.4. The number of rotatable bonds is 4. The number of nitrogens with zero attached hydrogens (tertiary/aromatic N) is 1. The smallest absolute Gasteiger partial charge is 0.310 e. The van der Waals surface area contributed by atoms with Crippen LogP contribution >= 0.6 is 15.9 Å². The van der Waals surface area contributed by atoms with Crippen LogP contribution in [0.1, 0.15) is 12.5 Å². The largest absolute Gasteiger partial charge is 0.466 e. The van der Waals surface area contributed by atoms with Gasteiger partial charge < -0.3 is 10.5 Å². The Morgan fingerprint density at radius 1 is 1.59 bits per heavy atom. The first-order valence-corrected chi connectivity index (χ1v) is 5.63. The number of nitrogen functional groups attached to an aromatic ring is 1. The third-order valence-corrected chi connectivity index (χ3v) is 2.50. The van der Waals surface area contributed by atoms with Crippen LogP contribution in [0.15, 0.2) is 16.6 Å². The lowest BCUT2D eigenvalue weighted by atomic mass is 10.1. The van der Waals surface area contributed by atoms with Crippen molar-refractivity contribution in [2.24, 2.45) is 0 Å². The highest BCUT2D eigenvalue weighted by molar-refractivity contribution is 9.10. The minimum absolute atomic E-state index is 0.00810. The minimum Gasteiger partial charge on any atom is -0.466 e. The average molecular weight is 303 g/mol. The van der Waals surface area contributed by atoms with E-state index in [9.17, 15) is 14.9 Å². The second kappa shape index (κ2) is 5.62. The number of ether oxygens (including phenoxy) is 1. The van der Waals surface area contributed by atoms with Gasteiger partial charge in [-0.05, 0) is 18.6 Å². The van der Waals surface area contributed by atoms with E-state index in [2.05, 4.69) is 15.9 Å². The van der Waals surface area contributed by atoms with Crippen molar-refractivity contribution in [2.75, 3.05) is 12.3 Å². The SMILES string of the molecule is CCOC(=O)Cc1cc(Br)cc([N+](=O)[O-])c1N. The Morgan fingerprint density at radius 2 is 2.24 bits per heavy atom. The molecule has 6 nitrogen and oxygen atoms in total. The van der Waals surface area contributed by atoms with E-state index in [1.54, 1.807) is 13.0 Å². The van der Waals surface area contributed by atoms with E-state index in [-0.39, 0.29) is 24.4 Å². The third kappa shape index (κ3) is 3.42. The number of nitrogens with two attached hydrogens (primary N) is 1. The van der Waals surface area contributed by atoms with Crippen LogP contribution in [-0.4, -0.2) is 17.5 Å². The molecule has 1 aromatic carbocycles. The number of anilines is 1. The lowest BCUT2D eigenvalue weighted by Gasteiger charge is -2.06. The van der Waals surface area contributed by atoms with Gasteiger partial charge in [0, 0.05) is 10.5 Å². The molecule has 0 amide bonds. The fraction of sp³-hybridized carbons (Fsp3) is 0.300. The van der Waals surface area contributed by atoms with Gasteiger partial charge in [0.25, 0.3) is 5.69 Å². The molecule has 1 rings (SSSR count). The van der Waals surface area contributed by atoms with Gasteiger partial charge in [0.15, 0.2) is 0 Å². The average Bonchev–Trinajstić information content (AvgIpc) is 2.22. The Morgan fingerprint density at radius 3 is 2.76 bits per heavy atom. The molecule has 0 saturated heterocycles. The Balaban J connectivity index is 3.07. The summed E-state index contributed by atoms with van der Waals surface area (Å²) in [6.45, 7) is 1.94. The molecule has 0 aliphatic rings. The number of hydrogen-bond donors (Lipinski definition) is 1. The van der Waals surface area contributed by atoms with Crippen LogP contribution in [0.4, 0.5) is 11.4 Å². The summed E-state index contributed by atoms with van der Waals surface area (Å²) in [7, 11) is 0. The van der Waals surface area contributed by atoms with E-state index in [0.717, 1.165) is 0 Å². The van der Waals surface area contributed by atoms with Gasteiger partial charge >= 0.3 is 5.97 Å². The van der Waals surface area contributed by atoms with Gasteiger partial charge in [-0.1, -0.05) is 15.9 Å². The molecule has 0 spiro atoms. The summed E-state index contributed by atoms with van der Waals surface area (Å²) in [5, 5.41) is 10.7. The first-order chi connectivity index (χ1) is 7.95. The Bertz CT molecular complexity index is 462. The highest BCUT2D eigenvalue weighted by atomic mass is 79.9. The van der Waals surface area contributed by atoms with Crippen molar-refractivity contribution in [3.63, 3.8) is 0 Å². The van der Waals surface area contributed by atoms with Crippen molar-refractivity contribution in [3.8, 4) is 0 Å². The number of benzene rings is 1. The van der Waals surface area contributed by atoms with Crippen LogP contribution in [0.3, 0.4) is 0 Å². The highest BCUT2D eigenvalue weighted by Crippen LogP contribution is 2.30. The van der Waals surface area contributed by atoms with E-state index in [1.165, 1.54) is 6.07 Å². The summed E-state index contributed by atoms with van der Waals surface area (Å²) < 4.78 is 5.26. The maximum atomic E-state index is 11.3. The van der Waals surface area contributed by atoms with Gasteiger partial charge in [-0.2, -0.15) is 0 Å². The number of hydrogen-bond acceptors (Lipinski definition) is 5. The Labute approximate surface area is 106 Å². The molecule has 92 valence electrons. The van der Waals surface area contributed by atoms with E-state index < -0.39 is 10.9 Å². The summed E-state index contributed by atoms with van der Waals surface area (Å²) in [6.07, 6.45) is -0.0834. The maximum absolute atomic E-state index is 11.3. The number of esters is 1. The molecule has 0 atom stereocenters. The molecule has 0 unspecified atom stereocenters. The summed E-state index contributed by atoms with van der Waals surface area (Å²) in [5.41, 5.74) is 5.77. The van der Waals surface area contributed by atoms with E-state index >= 15 is 0 Å². The monoisotopic (exact) mass is 302 g/mol. The zero-order valence-corrected chi connectivity index (χ0v) is 10.7. The molecule has 1 aromatic rings. The van der Waals surface area contributed by atoms with E-state index in [1.807, 2.05) is 0 Å². The zero-order chi connectivity index (χ0) is 13.0. The van der Waals surface area contributed by atoms with Gasteiger partial charge in [-0.3, -0.25) is 14.9 Å². The quantitative estimate of drug-likeness (QED) is 0.397. The molecule has 2 N–H and O–H groups in total. The molecule has 0 fully saturated rings. The molecular weight excluding hydrogens is 292 g/mol. The van der Waals surface area contributed by atoms with Gasteiger partial charge in [-0.25, -0.2) is 0 Å². The van der Waals surface area contributed by atoms with Crippen molar-refractivity contribution in [3.05, 3.63) is 32.3 Å². The Kier molecular flexibility index (Phi) is 4.45. The van der Waals surface area contributed by atoms with Crippen molar-refractivity contribution in [1.82, 2.24) is 0 Å². The fourth-order valence-electron chi connectivity index (χ4n) is 1.32. The van der Waals surface area contributed by atoms with Crippen molar-refractivity contribution >= 4 is 33.3 Å². The van der Waals surface area contributed by atoms with Crippen LogP contribution < -0.4 is 5.73 Å². The number of carbonyl (C=O) groups is 1. The van der Waals surface area contributed by atoms with Crippen LogP contribution in [-0.2, 0) is 16.0 Å². The predicted octanol–water partition coefficient (Wildman–Crippen LogP) is 2.05.